The first kappa shape index (κ1) is 12.2. The Kier molecular flexibility index (Phi) is 3.31. The third-order valence-corrected chi connectivity index (χ3v) is 2.26. The molecule has 0 spiro atoms. The second-order valence-corrected chi connectivity index (χ2v) is 3.52. The summed E-state index contributed by atoms with van der Waals surface area (Å²) in [5.74, 6) is -2.47. The molecule has 18 heavy (non-hydrogen) atoms. The fourth-order valence-electron chi connectivity index (χ4n) is 1.31. The molecule has 5 nitrogen and oxygen atoms in total. The number of aldehydes is 1. The third kappa shape index (κ3) is 2.34. The lowest BCUT2D eigenvalue weighted by Gasteiger charge is -2.07. The monoisotopic (exact) mass is 254 g/mol. The van der Waals surface area contributed by atoms with Gasteiger partial charge < -0.3 is 4.74 Å². The highest BCUT2D eigenvalue weighted by atomic mass is 19.1. The smallest absolute Gasteiger partial charge is 0.191 e. The summed E-state index contributed by atoms with van der Waals surface area (Å²) in [6.45, 7) is 1.45. The highest BCUT2D eigenvalue weighted by Gasteiger charge is 2.14. The Morgan fingerprint density at radius 3 is 2.50 bits per heavy atom. The number of carbonyl (C=O) groups excluding carboxylic acids is 1. The quantitative estimate of drug-likeness (QED) is 0.781. The summed E-state index contributed by atoms with van der Waals surface area (Å²) in [5.41, 5.74) is 0.713. The van der Waals surface area contributed by atoms with E-state index >= 15 is 0 Å². The molecule has 0 aliphatic carbocycles. The van der Waals surface area contributed by atoms with Gasteiger partial charge in [-0.2, -0.15) is 0 Å². The lowest BCUT2D eigenvalue weighted by Crippen LogP contribution is -2.02. The Labute approximate surface area is 100 Å². The van der Waals surface area contributed by atoms with E-state index in [9.17, 15) is 13.6 Å². The van der Waals surface area contributed by atoms with E-state index in [-0.39, 0.29) is 12.2 Å². The average Bonchev–Trinajstić information content (AvgIpc) is 2.73. The number of hydrogen-bond donors (Lipinski definition) is 0. The highest BCUT2D eigenvalue weighted by Crippen LogP contribution is 2.23. The summed E-state index contributed by atoms with van der Waals surface area (Å²) < 4.78 is 36.3. The van der Waals surface area contributed by atoms with Crippen LogP contribution in [0.2, 0.25) is 0 Å². The van der Waals surface area contributed by atoms with Gasteiger partial charge in [-0.1, -0.05) is 10.3 Å². The first-order valence-corrected chi connectivity index (χ1v) is 4.97. The van der Waals surface area contributed by atoms with Crippen LogP contribution < -0.4 is 4.74 Å². The average molecular weight is 254 g/mol. The molecular formula is C11H8F2N2O3. The Morgan fingerprint density at radius 1 is 1.33 bits per heavy atom. The van der Waals surface area contributed by atoms with Gasteiger partial charge in [0.05, 0.1) is 0 Å². The van der Waals surface area contributed by atoms with Gasteiger partial charge in [-0.05, 0) is 19.1 Å². The largest absolute Gasteiger partial charge is 0.481 e. The Bertz CT molecular complexity index is 560. The van der Waals surface area contributed by atoms with E-state index in [1.807, 2.05) is 0 Å². The van der Waals surface area contributed by atoms with E-state index in [0.717, 1.165) is 12.1 Å². The molecule has 2 rings (SSSR count). The predicted octanol–water partition coefficient (Wildman–Crippen LogP) is 2.05. The van der Waals surface area contributed by atoms with Gasteiger partial charge in [-0.25, -0.2) is 13.4 Å². The number of rotatable bonds is 4. The molecule has 1 heterocycles. The molecule has 0 aliphatic rings. The number of aryl methyl sites for hydroxylation is 1. The lowest BCUT2D eigenvalue weighted by molar-refractivity contribution is 0.112. The van der Waals surface area contributed by atoms with Crippen molar-refractivity contribution in [3.05, 3.63) is 40.7 Å². The molecule has 0 unspecified atom stereocenters. The van der Waals surface area contributed by atoms with Gasteiger partial charge in [-0.3, -0.25) is 4.79 Å². The Hall–Kier alpha value is -2.31. The minimum Gasteiger partial charge on any atom is -0.481 e. The van der Waals surface area contributed by atoms with Crippen LogP contribution in [-0.4, -0.2) is 16.6 Å². The van der Waals surface area contributed by atoms with Crippen molar-refractivity contribution in [2.45, 2.75) is 13.5 Å². The number of ether oxygens (including phenoxy) is 1. The molecule has 2 aromatic rings. The number of halogens is 2. The number of carbonyl (C=O) groups is 1. The fraction of sp³-hybridized carbons (Fsp3) is 0.182. The van der Waals surface area contributed by atoms with Crippen LogP contribution in [0.25, 0.3) is 0 Å². The van der Waals surface area contributed by atoms with Gasteiger partial charge >= 0.3 is 0 Å². The van der Waals surface area contributed by atoms with Crippen LogP contribution in [0.15, 0.2) is 16.8 Å². The second kappa shape index (κ2) is 4.91. The van der Waals surface area contributed by atoms with Gasteiger partial charge in [0.2, 0.25) is 0 Å². The van der Waals surface area contributed by atoms with E-state index in [2.05, 4.69) is 14.9 Å². The maximum Gasteiger partial charge on any atom is 0.191 e. The first-order valence-electron chi connectivity index (χ1n) is 4.97. The maximum atomic E-state index is 13.4. The molecule has 0 N–H and O–H groups in total. The minimum atomic E-state index is -0.953. The standard InChI is InChI=1S/C11H8F2N2O3/c1-6-10(15-18-14-6)5-17-11-8(12)2-7(4-16)3-9(11)13/h2-4H,5H2,1H3. The van der Waals surface area contributed by atoms with Crippen LogP contribution in [0.4, 0.5) is 8.78 Å². The normalized spacial score (nSPS) is 10.4. The number of hydrogen-bond acceptors (Lipinski definition) is 5. The van der Waals surface area contributed by atoms with Crippen LogP contribution in [0, 0.1) is 18.6 Å². The van der Waals surface area contributed by atoms with E-state index < -0.39 is 17.4 Å². The van der Waals surface area contributed by atoms with E-state index in [4.69, 9.17) is 4.74 Å². The van der Waals surface area contributed by atoms with Crippen molar-refractivity contribution in [1.82, 2.24) is 10.3 Å². The first-order chi connectivity index (χ1) is 8.61. The van der Waals surface area contributed by atoms with Crippen molar-refractivity contribution in [3.63, 3.8) is 0 Å². The van der Waals surface area contributed by atoms with Crippen LogP contribution >= 0.6 is 0 Å². The molecule has 94 valence electrons. The predicted molar refractivity (Wildman–Crippen MR) is 55.1 cm³/mol. The molecule has 0 saturated heterocycles. The zero-order chi connectivity index (χ0) is 13.1. The van der Waals surface area contributed by atoms with Crippen LogP contribution in [-0.2, 0) is 6.61 Å². The molecule has 0 fully saturated rings. The molecular weight excluding hydrogens is 246 g/mol. The van der Waals surface area contributed by atoms with Crippen LogP contribution in [0.1, 0.15) is 21.7 Å². The summed E-state index contributed by atoms with van der Waals surface area (Å²) in [5, 5.41) is 7.01. The molecule has 7 heteroatoms. The summed E-state index contributed by atoms with van der Waals surface area (Å²) >= 11 is 0. The molecule has 0 aliphatic heterocycles. The molecule has 0 atom stereocenters. The minimum absolute atomic E-state index is 0.100. The topological polar surface area (TPSA) is 65.2 Å². The van der Waals surface area contributed by atoms with Crippen LogP contribution in [0.3, 0.4) is 0 Å². The molecule has 1 aromatic carbocycles. The number of aromatic nitrogens is 2. The van der Waals surface area contributed by atoms with Crippen molar-refractivity contribution in [2.75, 3.05) is 0 Å². The molecule has 0 amide bonds. The van der Waals surface area contributed by atoms with E-state index in [0.29, 0.717) is 17.7 Å². The molecule has 0 radical (unpaired) electrons. The lowest BCUT2D eigenvalue weighted by atomic mass is 10.2. The van der Waals surface area contributed by atoms with Crippen molar-refractivity contribution in [1.29, 1.82) is 0 Å². The van der Waals surface area contributed by atoms with Crippen molar-refractivity contribution < 1.29 is 22.9 Å². The van der Waals surface area contributed by atoms with Crippen molar-refractivity contribution in [3.8, 4) is 5.75 Å². The summed E-state index contributed by atoms with van der Waals surface area (Å²) in [6.07, 6.45) is 0.349. The summed E-state index contributed by atoms with van der Waals surface area (Å²) in [4.78, 5) is 10.4. The Balaban J connectivity index is 2.19. The summed E-state index contributed by atoms with van der Waals surface area (Å²) in [7, 11) is 0. The second-order valence-electron chi connectivity index (χ2n) is 3.52. The molecule has 1 aromatic heterocycles. The van der Waals surface area contributed by atoms with Gasteiger partial charge in [0.1, 0.15) is 24.3 Å². The van der Waals surface area contributed by atoms with Gasteiger partial charge in [0.25, 0.3) is 0 Å². The molecule has 0 bridgehead atoms. The van der Waals surface area contributed by atoms with E-state index in [1.54, 1.807) is 6.92 Å². The Morgan fingerprint density at radius 2 is 2.00 bits per heavy atom. The van der Waals surface area contributed by atoms with Gasteiger partial charge in [0, 0.05) is 5.56 Å². The zero-order valence-corrected chi connectivity index (χ0v) is 9.31. The third-order valence-electron chi connectivity index (χ3n) is 2.26. The number of benzene rings is 1. The fourth-order valence-corrected chi connectivity index (χ4v) is 1.31. The van der Waals surface area contributed by atoms with E-state index in [1.165, 1.54) is 0 Å². The molecule has 0 saturated carbocycles. The summed E-state index contributed by atoms with van der Waals surface area (Å²) in [6, 6.07) is 1.78. The van der Waals surface area contributed by atoms with Gasteiger partial charge in [0.15, 0.2) is 17.4 Å². The number of nitrogens with zero attached hydrogens (tertiary/aromatic N) is 2. The maximum absolute atomic E-state index is 13.4. The van der Waals surface area contributed by atoms with Crippen molar-refractivity contribution in [2.24, 2.45) is 0 Å². The highest BCUT2D eigenvalue weighted by molar-refractivity contribution is 5.75. The van der Waals surface area contributed by atoms with Gasteiger partial charge in [-0.15, -0.1) is 0 Å². The van der Waals surface area contributed by atoms with Crippen molar-refractivity contribution >= 4 is 6.29 Å². The zero-order valence-electron chi connectivity index (χ0n) is 9.31. The van der Waals surface area contributed by atoms with Crippen LogP contribution in [0.5, 0.6) is 5.75 Å². The SMILES string of the molecule is Cc1nonc1COc1c(F)cc(C=O)cc1F.